The molecule has 25 heavy (non-hydrogen) atoms. The van der Waals surface area contributed by atoms with Crippen molar-refractivity contribution < 1.29 is 14.3 Å². The highest BCUT2D eigenvalue weighted by atomic mass is 35.5. The van der Waals surface area contributed by atoms with Gasteiger partial charge in [-0.05, 0) is 42.8 Å². The van der Waals surface area contributed by atoms with Crippen molar-refractivity contribution in [3.8, 4) is 5.75 Å². The highest BCUT2D eigenvalue weighted by Crippen LogP contribution is 2.31. The van der Waals surface area contributed by atoms with Crippen LogP contribution in [0.15, 0.2) is 36.4 Å². The third-order valence-electron chi connectivity index (χ3n) is 3.90. The van der Waals surface area contributed by atoms with Crippen molar-refractivity contribution in [3.63, 3.8) is 0 Å². The van der Waals surface area contributed by atoms with Gasteiger partial charge < -0.3 is 15.4 Å². The van der Waals surface area contributed by atoms with Crippen LogP contribution in [0.1, 0.15) is 12.0 Å². The molecule has 0 saturated carbocycles. The van der Waals surface area contributed by atoms with E-state index in [-0.39, 0.29) is 24.8 Å². The molecular formula is C18H16Cl2N2O3. The Morgan fingerprint density at radius 3 is 2.84 bits per heavy atom. The quantitative estimate of drug-likeness (QED) is 0.837. The van der Waals surface area contributed by atoms with Gasteiger partial charge in [0.05, 0.1) is 11.6 Å². The molecule has 5 nitrogen and oxygen atoms in total. The smallest absolute Gasteiger partial charge is 0.231 e. The van der Waals surface area contributed by atoms with E-state index in [0.29, 0.717) is 27.2 Å². The lowest BCUT2D eigenvalue weighted by atomic mass is 10.1. The van der Waals surface area contributed by atoms with Crippen molar-refractivity contribution in [2.75, 3.05) is 17.2 Å². The van der Waals surface area contributed by atoms with E-state index in [1.165, 1.54) is 0 Å². The largest absolute Gasteiger partial charge is 0.491 e. The fraction of sp³-hybridized carbons (Fsp3) is 0.222. The van der Waals surface area contributed by atoms with Gasteiger partial charge in [0.25, 0.3) is 0 Å². The molecule has 2 N–H and O–H groups in total. The fourth-order valence-corrected chi connectivity index (χ4v) is 2.84. The number of amides is 2. The van der Waals surface area contributed by atoms with Gasteiger partial charge >= 0.3 is 0 Å². The first-order valence-corrected chi connectivity index (χ1v) is 8.47. The predicted octanol–water partition coefficient (Wildman–Crippen LogP) is 4.28. The molecule has 0 bridgehead atoms. The van der Waals surface area contributed by atoms with Gasteiger partial charge in [0.15, 0.2) is 0 Å². The zero-order chi connectivity index (χ0) is 18.0. The summed E-state index contributed by atoms with van der Waals surface area (Å²) < 4.78 is 5.63. The minimum Gasteiger partial charge on any atom is -0.491 e. The van der Waals surface area contributed by atoms with Crippen molar-refractivity contribution in [2.24, 2.45) is 5.92 Å². The van der Waals surface area contributed by atoms with Crippen LogP contribution >= 0.6 is 23.2 Å². The van der Waals surface area contributed by atoms with Crippen molar-refractivity contribution >= 4 is 46.4 Å². The summed E-state index contributed by atoms with van der Waals surface area (Å²) in [5.74, 6) is -0.635. The standard InChI is InChI=1S/C18H16Cl2N2O3/c1-10-2-4-13(8-14(10)20)21-17(23)6-11-9-25-16-5-3-12(19)7-15(16)22-18(11)24/h2-5,7-8,11H,6,9H2,1H3,(H,21,23)(H,22,24). The lowest BCUT2D eigenvalue weighted by Gasteiger charge is -2.13. The monoisotopic (exact) mass is 378 g/mol. The molecule has 2 aromatic carbocycles. The Labute approximate surface area is 155 Å². The summed E-state index contributed by atoms with van der Waals surface area (Å²) in [6.45, 7) is 1.99. The fourth-order valence-electron chi connectivity index (χ4n) is 2.48. The maximum absolute atomic E-state index is 12.3. The Hall–Kier alpha value is -2.24. The first-order chi connectivity index (χ1) is 11.9. The first-order valence-electron chi connectivity index (χ1n) is 7.71. The number of nitrogens with one attached hydrogen (secondary N) is 2. The van der Waals surface area contributed by atoms with Gasteiger partial charge in [0.2, 0.25) is 11.8 Å². The third-order valence-corrected chi connectivity index (χ3v) is 4.54. The number of anilines is 2. The molecule has 130 valence electrons. The number of hydrogen-bond donors (Lipinski definition) is 2. The van der Waals surface area contributed by atoms with Crippen LogP contribution in [0, 0.1) is 12.8 Å². The van der Waals surface area contributed by atoms with Gasteiger partial charge in [-0.15, -0.1) is 0 Å². The van der Waals surface area contributed by atoms with Crippen molar-refractivity contribution in [1.82, 2.24) is 0 Å². The molecule has 1 aliphatic rings. The number of benzene rings is 2. The number of fused-ring (bicyclic) bond motifs is 1. The van der Waals surface area contributed by atoms with Crippen LogP contribution in [-0.2, 0) is 9.59 Å². The highest BCUT2D eigenvalue weighted by Gasteiger charge is 2.27. The second-order valence-electron chi connectivity index (χ2n) is 5.85. The SMILES string of the molecule is Cc1ccc(NC(=O)CC2COc3ccc(Cl)cc3NC2=O)cc1Cl. The molecule has 7 heteroatoms. The maximum Gasteiger partial charge on any atom is 0.231 e. The van der Waals surface area contributed by atoms with E-state index in [1.54, 1.807) is 30.3 Å². The zero-order valence-corrected chi connectivity index (χ0v) is 14.9. The van der Waals surface area contributed by atoms with Crippen LogP contribution in [0.5, 0.6) is 5.75 Å². The van der Waals surface area contributed by atoms with Gasteiger partial charge in [-0.2, -0.15) is 0 Å². The van der Waals surface area contributed by atoms with Crippen molar-refractivity contribution in [3.05, 3.63) is 52.0 Å². The number of rotatable bonds is 3. The normalized spacial score (nSPS) is 16.3. The van der Waals surface area contributed by atoms with Gasteiger partial charge in [-0.3, -0.25) is 9.59 Å². The van der Waals surface area contributed by atoms with E-state index in [4.69, 9.17) is 27.9 Å². The lowest BCUT2D eigenvalue weighted by Crippen LogP contribution is -2.29. The van der Waals surface area contributed by atoms with E-state index in [2.05, 4.69) is 10.6 Å². The van der Waals surface area contributed by atoms with Crippen LogP contribution in [0.25, 0.3) is 0 Å². The van der Waals surface area contributed by atoms with Gasteiger partial charge in [0, 0.05) is 22.2 Å². The number of hydrogen-bond acceptors (Lipinski definition) is 3. The Bertz CT molecular complexity index is 839. The lowest BCUT2D eigenvalue weighted by molar-refractivity contribution is -0.125. The van der Waals surface area contributed by atoms with Crippen molar-refractivity contribution in [2.45, 2.75) is 13.3 Å². The van der Waals surface area contributed by atoms with Gasteiger partial charge in [-0.25, -0.2) is 0 Å². The summed E-state index contributed by atoms with van der Waals surface area (Å²) in [7, 11) is 0. The third kappa shape index (κ3) is 4.24. The minimum absolute atomic E-state index is 0.000943. The molecule has 0 aromatic heterocycles. The minimum atomic E-state index is -0.605. The number of ether oxygens (including phenoxy) is 1. The average molecular weight is 379 g/mol. The molecule has 1 heterocycles. The molecule has 0 spiro atoms. The molecule has 1 atom stereocenters. The van der Waals surface area contributed by atoms with Crippen LogP contribution in [-0.4, -0.2) is 18.4 Å². The van der Waals surface area contributed by atoms with Gasteiger partial charge in [0.1, 0.15) is 12.4 Å². The Morgan fingerprint density at radius 2 is 2.08 bits per heavy atom. The van der Waals surface area contributed by atoms with Crippen LogP contribution in [0.3, 0.4) is 0 Å². The molecule has 0 saturated heterocycles. The topological polar surface area (TPSA) is 67.4 Å². The summed E-state index contributed by atoms with van der Waals surface area (Å²) >= 11 is 12.0. The van der Waals surface area contributed by atoms with E-state index in [1.807, 2.05) is 13.0 Å². The zero-order valence-electron chi connectivity index (χ0n) is 13.4. The van der Waals surface area contributed by atoms with E-state index < -0.39 is 5.92 Å². The molecule has 1 aliphatic heterocycles. The molecule has 3 rings (SSSR count). The first kappa shape index (κ1) is 17.6. The molecule has 0 radical (unpaired) electrons. The Morgan fingerprint density at radius 1 is 1.28 bits per heavy atom. The van der Waals surface area contributed by atoms with Crippen LogP contribution in [0.2, 0.25) is 10.0 Å². The Kier molecular flexibility index (Phi) is 5.16. The molecule has 1 unspecified atom stereocenters. The molecular weight excluding hydrogens is 363 g/mol. The average Bonchev–Trinajstić information content (AvgIpc) is 2.70. The molecule has 0 fully saturated rings. The second-order valence-corrected chi connectivity index (χ2v) is 6.70. The summed E-state index contributed by atoms with van der Waals surface area (Å²) in [4.78, 5) is 24.6. The summed E-state index contributed by atoms with van der Waals surface area (Å²) in [5, 5.41) is 6.56. The van der Waals surface area contributed by atoms with E-state index in [0.717, 1.165) is 5.56 Å². The van der Waals surface area contributed by atoms with Gasteiger partial charge in [-0.1, -0.05) is 29.3 Å². The number of carbonyl (C=O) groups excluding carboxylic acids is 2. The Balaban J connectivity index is 1.65. The van der Waals surface area contributed by atoms with Crippen LogP contribution < -0.4 is 15.4 Å². The van der Waals surface area contributed by atoms with Crippen molar-refractivity contribution in [1.29, 1.82) is 0 Å². The summed E-state index contributed by atoms with van der Waals surface area (Å²) in [6.07, 6.45) is -0.000943. The second kappa shape index (κ2) is 7.33. The molecule has 2 amide bonds. The summed E-state index contributed by atoms with van der Waals surface area (Å²) in [5.41, 5.74) is 2.02. The summed E-state index contributed by atoms with van der Waals surface area (Å²) in [6, 6.07) is 10.2. The maximum atomic E-state index is 12.3. The highest BCUT2D eigenvalue weighted by molar-refractivity contribution is 6.31. The van der Waals surface area contributed by atoms with Crippen LogP contribution in [0.4, 0.5) is 11.4 Å². The molecule has 2 aromatic rings. The van der Waals surface area contributed by atoms with E-state index in [9.17, 15) is 9.59 Å². The number of halogens is 2. The van der Waals surface area contributed by atoms with E-state index >= 15 is 0 Å². The molecule has 0 aliphatic carbocycles. The predicted molar refractivity (Wildman–Crippen MR) is 98.5 cm³/mol. The number of carbonyl (C=O) groups is 2. The number of aryl methyl sites for hydroxylation is 1.